The fraction of sp³-hybridized carbons (Fsp3) is 0.400. The van der Waals surface area contributed by atoms with E-state index in [1.807, 2.05) is 0 Å². The van der Waals surface area contributed by atoms with Crippen LogP contribution in [0.1, 0.15) is 12.8 Å². The molecular formula is C10H12ClN3O4S. The van der Waals surface area contributed by atoms with Crippen molar-refractivity contribution in [2.75, 3.05) is 12.3 Å². The van der Waals surface area contributed by atoms with E-state index < -0.39 is 22.0 Å². The molecule has 19 heavy (non-hydrogen) atoms. The molecule has 3 N–H and O–H groups in total. The molecule has 0 aromatic carbocycles. The molecule has 7 nitrogen and oxygen atoms in total. The number of carboxylic acid groups (broad SMARTS) is 1. The minimum atomic E-state index is -4.01. The molecule has 1 aromatic heterocycles. The fourth-order valence-corrected chi connectivity index (χ4v) is 4.01. The number of carboxylic acids is 1. The molecule has 1 saturated heterocycles. The Morgan fingerprint density at radius 3 is 2.89 bits per heavy atom. The highest BCUT2D eigenvalue weighted by atomic mass is 35.5. The Morgan fingerprint density at radius 2 is 2.26 bits per heavy atom. The number of sulfonamides is 1. The predicted molar refractivity (Wildman–Crippen MR) is 68.2 cm³/mol. The molecule has 1 aliphatic rings. The smallest absolute Gasteiger partial charge is 0.322 e. The molecule has 0 radical (unpaired) electrons. The molecule has 0 amide bonds. The van der Waals surface area contributed by atoms with Gasteiger partial charge in [-0.2, -0.15) is 4.31 Å². The number of aromatic nitrogens is 1. The normalized spacial score (nSPS) is 20.6. The van der Waals surface area contributed by atoms with Gasteiger partial charge < -0.3 is 10.8 Å². The molecule has 1 fully saturated rings. The molecule has 9 heteroatoms. The first-order valence-corrected chi connectivity index (χ1v) is 7.31. The van der Waals surface area contributed by atoms with Gasteiger partial charge in [0, 0.05) is 12.7 Å². The average Bonchev–Trinajstić information content (AvgIpc) is 2.82. The summed E-state index contributed by atoms with van der Waals surface area (Å²) in [6.45, 7) is 0.144. The molecule has 0 aliphatic carbocycles. The first kappa shape index (κ1) is 14.0. The Labute approximate surface area is 115 Å². The Bertz CT molecular complexity index is 619. The van der Waals surface area contributed by atoms with Crippen LogP contribution in [0.3, 0.4) is 0 Å². The van der Waals surface area contributed by atoms with Crippen LogP contribution in [0.25, 0.3) is 0 Å². The fourth-order valence-electron chi connectivity index (χ4n) is 2.04. The van der Waals surface area contributed by atoms with E-state index in [9.17, 15) is 13.2 Å². The van der Waals surface area contributed by atoms with Gasteiger partial charge in [-0.3, -0.25) is 4.79 Å². The van der Waals surface area contributed by atoms with Crippen molar-refractivity contribution in [1.29, 1.82) is 0 Å². The summed E-state index contributed by atoms with van der Waals surface area (Å²) in [5, 5.41) is 9.16. The Balaban J connectivity index is 2.48. The van der Waals surface area contributed by atoms with E-state index in [1.54, 1.807) is 0 Å². The number of hydrogen-bond acceptors (Lipinski definition) is 5. The highest BCUT2D eigenvalue weighted by molar-refractivity contribution is 7.89. The van der Waals surface area contributed by atoms with Gasteiger partial charge in [-0.1, -0.05) is 11.6 Å². The number of hydrogen-bond donors (Lipinski definition) is 2. The van der Waals surface area contributed by atoms with Crippen molar-refractivity contribution in [3.8, 4) is 0 Å². The van der Waals surface area contributed by atoms with E-state index >= 15 is 0 Å². The molecule has 0 bridgehead atoms. The van der Waals surface area contributed by atoms with Crippen LogP contribution in [-0.2, 0) is 14.8 Å². The second-order valence-electron chi connectivity index (χ2n) is 4.15. The van der Waals surface area contributed by atoms with E-state index in [1.165, 1.54) is 12.3 Å². The zero-order chi connectivity index (χ0) is 14.2. The summed E-state index contributed by atoms with van der Waals surface area (Å²) >= 11 is 5.71. The quantitative estimate of drug-likeness (QED) is 0.843. The minimum Gasteiger partial charge on any atom is -0.480 e. The van der Waals surface area contributed by atoms with Crippen LogP contribution in [-0.4, -0.2) is 41.4 Å². The maximum atomic E-state index is 12.4. The van der Waals surface area contributed by atoms with Crippen molar-refractivity contribution in [2.24, 2.45) is 0 Å². The summed E-state index contributed by atoms with van der Waals surface area (Å²) < 4.78 is 25.7. The third-order valence-corrected chi connectivity index (χ3v) is 5.07. The van der Waals surface area contributed by atoms with Gasteiger partial charge in [0.15, 0.2) is 0 Å². The summed E-state index contributed by atoms with van der Waals surface area (Å²) in [6, 6.07) is 0.111. The largest absolute Gasteiger partial charge is 0.480 e. The number of pyridine rings is 1. The van der Waals surface area contributed by atoms with Gasteiger partial charge in [0.25, 0.3) is 0 Å². The molecule has 0 unspecified atom stereocenters. The van der Waals surface area contributed by atoms with Crippen molar-refractivity contribution in [3.63, 3.8) is 0 Å². The van der Waals surface area contributed by atoms with Crippen LogP contribution in [0.5, 0.6) is 0 Å². The number of rotatable bonds is 3. The second-order valence-corrected chi connectivity index (χ2v) is 6.44. The van der Waals surface area contributed by atoms with Crippen LogP contribution >= 0.6 is 11.6 Å². The summed E-state index contributed by atoms with van der Waals surface area (Å²) in [7, 11) is -4.01. The van der Waals surface area contributed by atoms with Gasteiger partial charge in [-0.25, -0.2) is 13.4 Å². The minimum absolute atomic E-state index is 0.124. The van der Waals surface area contributed by atoms with Gasteiger partial charge in [-0.05, 0) is 18.9 Å². The maximum absolute atomic E-state index is 12.4. The van der Waals surface area contributed by atoms with Gasteiger partial charge in [0.2, 0.25) is 10.0 Å². The Morgan fingerprint density at radius 1 is 1.58 bits per heavy atom. The van der Waals surface area contributed by atoms with E-state index in [-0.39, 0.29) is 28.7 Å². The lowest BCUT2D eigenvalue weighted by molar-refractivity contribution is -0.140. The lowest BCUT2D eigenvalue weighted by Crippen LogP contribution is -2.40. The summed E-state index contributed by atoms with van der Waals surface area (Å²) in [5.74, 6) is -1.37. The first-order chi connectivity index (χ1) is 8.84. The van der Waals surface area contributed by atoms with Gasteiger partial charge in [0.05, 0.1) is 5.02 Å². The molecular weight excluding hydrogens is 294 g/mol. The topological polar surface area (TPSA) is 114 Å². The van der Waals surface area contributed by atoms with Crippen LogP contribution in [0, 0.1) is 0 Å². The zero-order valence-electron chi connectivity index (χ0n) is 9.78. The van der Waals surface area contributed by atoms with Crippen molar-refractivity contribution in [1.82, 2.24) is 9.29 Å². The van der Waals surface area contributed by atoms with Gasteiger partial charge >= 0.3 is 5.97 Å². The molecule has 1 aromatic rings. The maximum Gasteiger partial charge on any atom is 0.322 e. The number of halogens is 1. The number of anilines is 1. The van der Waals surface area contributed by atoms with Crippen LogP contribution < -0.4 is 5.73 Å². The van der Waals surface area contributed by atoms with Crippen molar-refractivity contribution in [2.45, 2.75) is 23.8 Å². The number of carbonyl (C=O) groups is 1. The molecule has 0 spiro atoms. The van der Waals surface area contributed by atoms with Crippen LogP contribution in [0.15, 0.2) is 17.2 Å². The summed E-state index contributed by atoms with van der Waals surface area (Å²) in [4.78, 5) is 14.5. The standard InChI is InChI=1S/C10H12ClN3O4S/c11-6-4-8(9(12)13-5-6)19(17,18)14-3-1-2-7(14)10(15)16/h4-5,7H,1-3H2,(H2,12,13)(H,15,16)/t7-/m1/s1. The third-order valence-electron chi connectivity index (χ3n) is 2.92. The Hall–Kier alpha value is -1.38. The molecule has 104 valence electrons. The van der Waals surface area contributed by atoms with E-state index in [4.69, 9.17) is 22.4 Å². The number of nitrogen functional groups attached to an aromatic ring is 1. The molecule has 1 aliphatic heterocycles. The lowest BCUT2D eigenvalue weighted by Gasteiger charge is -2.21. The molecule has 1 atom stereocenters. The summed E-state index contributed by atoms with van der Waals surface area (Å²) in [5.41, 5.74) is 5.54. The molecule has 0 saturated carbocycles. The van der Waals surface area contributed by atoms with Crippen molar-refractivity contribution < 1.29 is 18.3 Å². The van der Waals surface area contributed by atoms with E-state index in [2.05, 4.69) is 4.98 Å². The lowest BCUT2D eigenvalue weighted by atomic mass is 10.2. The van der Waals surface area contributed by atoms with Crippen molar-refractivity contribution in [3.05, 3.63) is 17.3 Å². The number of aliphatic carboxylic acids is 1. The zero-order valence-corrected chi connectivity index (χ0v) is 11.4. The molecule has 2 heterocycles. The van der Waals surface area contributed by atoms with Crippen LogP contribution in [0.2, 0.25) is 5.02 Å². The monoisotopic (exact) mass is 305 g/mol. The highest BCUT2D eigenvalue weighted by Crippen LogP contribution is 2.29. The van der Waals surface area contributed by atoms with Gasteiger partial charge in [-0.15, -0.1) is 0 Å². The third kappa shape index (κ3) is 2.51. The average molecular weight is 306 g/mol. The predicted octanol–water partition coefficient (Wildman–Crippen LogP) is 0.555. The number of nitrogens with zero attached hydrogens (tertiary/aromatic N) is 2. The SMILES string of the molecule is Nc1ncc(Cl)cc1S(=O)(=O)N1CCC[C@@H]1C(=O)O. The highest BCUT2D eigenvalue weighted by Gasteiger charge is 2.40. The number of nitrogens with two attached hydrogens (primary N) is 1. The Kier molecular flexibility index (Phi) is 3.66. The van der Waals surface area contributed by atoms with Gasteiger partial charge in [0.1, 0.15) is 16.8 Å². The first-order valence-electron chi connectivity index (χ1n) is 5.49. The van der Waals surface area contributed by atoms with Crippen LogP contribution in [0.4, 0.5) is 5.82 Å². The second kappa shape index (κ2) is 4.95. The van der Waals surface area contributed by atoms with E-state index in [0.717, 1.165) is 4.31 Å². The van der Waals surface area contributed by atoms with Crippen molar-refractivity contribution >= 4 is 33.4 Å². The van der Waals surface area contributed by atoms with E-state index in [0.29, 0.717) is 6.42 Å². The summed E-state index contributed by atoms with van der Waals surface area (Å²) in [6.07, 6.45) is 2.00. The molecule has 2 rings (SSSR count).